The van der Waals surface area contributed by atoms with E-state index < -0.39 is 0 Å². The lowest BCUT2D eigenvalue weighted by Crippen LogP contribution is -2.42. The predicted octanol–water partition coefficient (Wildman–Crippen LogP) is 4.21. The summed E-state index contributed by atoms with van der Waals surface area (Å²) < 4.78 is 10.5. The molecule has 0 spiro atoms. The highest BCUT2D eigenvalue weighted by Crippen LogP contribution is 2.60. The lowest BCUT2D eigenvalue weighted by atomic mass is 9.69. The molecule has 3 unspecified atom stereocenters. The molecule has 0 radical (unpaired) electrons. The van der Waals surface area contributed by atoms with Gasteiger partial charge in [0.2, 0.25) is 0 Å². The van der Waals surface area contributed by atoms with E-state index in [4.69, 9.17) is 14.7 Å². The zero-order chi connectivity index (χ0) is 17.4. The second-order valence-corrected chi connectivity index (χ2v) is 7.15. The number of rotatable bonds is 3. The Hall–Kier alpha value is -2.72. The van der Waals surface area contributed by atoms with Gasteiger partial charge in [0.25, 0.3) is 12.5 Å². The third-order valence-corrected chi connectivity index (χ3v) is 5.64. The third-order valence-electron chi connectivity index (χ3n) is 5.64. The van der Waals surface area contributed by atoms with Gasteiger partial charge in [-0.1, -0.05) is 56.7 Å². The number of nitriles is 2. The van der Waals surface area contributed by atoms with Crippen LogP contribution in [-0.2, 0) is 10.2 Å². The van der Waals surface area contributed by atoms with Gasteiger partial charge in [-0.2, -0.15) is 5.26 Å². The van der Waals surface area contributed by atoms with Crippen molar-refractivity contribution in [2.45, 2.75) is 38.7 Å². The SMILES string of the molecule is CC1(C)C2=CC=CCC2C(C)(c2ccc(OC#N)cc2)C1OC#N. The highest BCUT2D eigenvalue weighted by molar-refractivity contribution is 5.45. The van der Waals surface area contributed by atoms with Crippen molar-refractivity contribution in [2.24, 2.45) is 11.3 Å². The molecule has 3 atom stereocenters. The smallest absolute Gasteiger partial charge is 0.292 e. The van der Waals surface area contributed by atoms with Crippen molar-refractivity contribution in [3.05, 3.63) is 53.6 Å². The van der Waals surface area contributed by atoms with E-state index in [1.54, 1.807) is 18.4 Å². The quantitative estimate of drug-likeness (QED) is 0.782. The van der Waals surface area contributed by atoms with Gasteiger partial charge in [0.15, 0.2) is 0 Å². The fourth-order valence-corrected chi connectivity index (χ4v) is 4.55. The maximum absolute atomic E-state index is 9.22. The second-order valence-electron chi connectivity index (χ2n) is 7.15. The van der Waals surface area contributed by atoms with E-state index in [1.165, 1.54) is 5.57 Å². The molecule has 0 aromatic heterocycles. The Morgan fingerprint density at radius 3 is 2.42 bits per heavy atom. The van der Waals surface area contributed by atoms with Gasteiger partial charge in [0.1, 0.15) is 11.9 Å². The van der Waals surface area contributed by atoms with Crippen LogP contribution in [-0.4, -0.2) is 6.10 Å². The normalized spacial score (nSPS) is 29.8. The van der Waals surface area contributed by atoms with Crippen LogP contribution in [0.1, 0.15) is 32.8 Å². The molecule has 1 saturated carbocycles. The predicted molar refractivity (Wildman–Crippen MR) is 89.6 cm³/mol. The number of allylic oxidation sites excluding steroid dienone is 3. The van der Waals surface area contributed by atoms with Crippen molar-refractivity contribution >= 4 is 0 Å². The fourth-order valence-electron chi connectivity index (χ4n) is 4.55. The summed E-state index contributed by atoms with van der Waals surface area (Å²) in [6.07, 6.45) is 10.7. The minimum atomic E-state index is -0.332. The number of fused-ring (bicyclic) bond motifs is 1. The van der Waals surface area contributed by atoms with Gasteiger partial charge in [-0.3, -0.25) is 0 Å². The van der Waals surface area contributed by atoms with Gasteiger partial charge in [0, 0.05) is 10.8 Å². The van der Waals surface area contributed by atoms with Gasteiger partial charge >= 0.3 is 0 Å². The van der Waals surface area contributed by atoms with Crippen LogP contribution in [0.15, 0.2) is 48.1 Å². The first-order chi connectivity index (χ1) is 11.5. The van der Waals surface area contributed by atoms with Crippen molar-refractivity contribution < 1.29 is 9.47 Å². The van der Waals surface area contributed by atoms with Gasteiger partial charge in [-0.25, -0.2) is 0 Å². The minimum absolute atomic E-state index is 0.234. The lowest BCUT2D eigenvalue weighted by molar-refractivity contribution is 0.0306. The standard InChI is InChI=1S/C20H20N2O2/c1-19(2)16-6-4-5-7-17(16)20(3,18(19)24-13-22)14-8-10-15(11-9-14)23-12-21/h4-6,8-11,17-18H,7H2,1-3H3. The topological polar surface area (TPSA) is 66.0 Å². The van der Waals surface area contributed by atoms with E-state index in [0.717, 1.165) is 12.0 Å². The Kier molecular flexibility index (Phi) is 3.85. The monoisotopic (exact) mass is 320 g/mol. The van der Waals surface area contributed by atoms with Crippen molar-refractivity contribution in [1.29, 1.82) is 10.5 Å². The van der Waals surface area contributed by atoms with E-state index in [1.807, 2.05) is 18.4 Å². The Bertz CT molecular complexity index is 777. The number of hydrogen-bond acceptors (Lipinski definition) is 4. The molecule has 1 fully saturated rings. The molecule has 24 heavy (non-hydrogen) atoms. The zero-order valence-corrected chi connectivity index (χ0v) is 14.1. The summed E-state index contributed by atoms with van der Waals surface area (Å²) in [5.41, 5.74) is 1.85. The van der Waals surface area contributed by atoms with Crippen molar-refractivity contribution in [3.8, 4) is 18.3 Å². The fraction of sp³-hybridized carbons (Fsp3) is 0.400. The summed E-state index contributed by atoms with van der Waals surface area (Å²) >= 11 is 0. The summed E-state index contributed by atoms with van der Waals surface area (Å²) in [6.45, 7) is 6.46. The van der Waals surface area contributed by atoms with E-state index in [0.29, 0.717) is 5.75 Å². The Morgan fingerprint density at radius 2 is 1.79 bits per heavy atom. The van der Waals surface area contributed by atoms with Crippen LogP contribution < -0.4 is 4.74 Å². The van der Waals surface area contributed by atoms with Gasteiger partial charge in [-0.05, 0) is 30.0 Å². The van der Waals surface area contributed by atoms with Crippen molar-refractivity contribution in [3.63, 3.8) is 0 Å². The highest BCUT2D eigenvalue weighted by Gasteiger charge is 2.61. The number of ether oxygens (including phenoxy) is 2. The summed E-state index contributed by atoms with van der Waals surface area (Å²) in [7, 11) is 0. The molecule has 0 N–H and O–H groups in total. The molecule has 0 amide bonds. The number of benzene rings is 1. The largest absolute Gasteiger partial charge is 0.422 e. The van der Waals surface area contributed by atoms with E-state index in [9.17, 15) is 5.26 Å². The molecule has 4 heteroatoms. The minimum Gasteiger partial charge on any atom is -0.422 e. The zero-order valence-electron chi connectivity index (χ0n) is 14.1. The van der Waals surface area contributed by atoms with Crippen LogP contribution in [0.2, 0.25) is 0 Å². The van der Waals surface area contributed by atoms with E-state index in [2.05, 4.69) is 39.0 Å². The summed E-state index contributed by atoms with van der Waals surface area (Å²) in [5, 5.41) is 17.9. The van der Waals surface area contributed by atoms with E-state index >= 15 is 0 Å². The van der Waals surface area contributed by atoms with Crippen LogP contribution in [0.5, 0.6) is 5.75 Å². The molecule has 122 valence electrons. The molecule has 4 nitrogen and oxygen atoms in total. The Balaban J connectivity index is 2.11. The maximum Gasteiger partial charge on any atom is 0.292 e. The molecule has 2 aliphatic rings. The summed E-state index contributed by atoms with van der Waals surface area (Å²) in [5.74, 6) is 0.790. The molecule has 0 aliphatic heterocycles. The Morgan fingerprint density at radius 1 is 1.08 bits per heavy atom. The molecular formula is C20H20N2O2. The van der Waals surface area contributed by atoms with Crippen molar-refractivity contribution in [1.82, 2.24) is 0 Å². The van der Waals surface area contributed by atoms with E-state index in [-0.39, 0.29) is 22.9 Å². The van der Waals surface area contributed by atoms with Crippen LogP contribution in [0.4, 0.5) is 0 Å². The van der Waals surface area contributed by atoms with Gasteiger partial charge < -0.3 is 9.47 Å². The number of hydrogen-bond donors (Lipinski definition) is 0. The first-order valence-electron chi connectivity index (χ1n) is 8.04. The molecule has 2 aliphatic carbocycles. The van der Waals surface area contributed by atoms with Crippen LogP contribution in [0.25, 0.3) is 0 Å². The first-order valence-corrected chi connectivity index (χ1v) is 8.04. The second kappa shape index (κ2) is 5.73. The number of nitrogens with zero attached hydrogens (tertiary/aromatic N) is 2. The third kappa shape index (κ3) is 2.19. The van der Waals surface area contributed by atoms with Crippen molar-refractivity contribution in [2.75, 3.05) is 0 Å². The average molecular weight is 320 g/mol. The molecule has 0 heterocycles. The first kappa shape index (κ1) is 16.1. The highest BCUT2D eigenvalue weighted by atomic mass is 16.5. The molecule has 3 rings (SSSR count). The van der Waals surface area contributed by atoms with Gasteiger partial charge in [0.05, 0.1) is 0 Å². The summed E-state index contributed by atoms with van der Waals surface area (Å²) in [4.78, 5) is 0. The summed E-state index contributed by atoms with van der Waals surface area (Å²) in [6, 6.07) is 7.52. The molecule has 0 saturated heterocycles. The Labute approximate surface area is 142 Å². The maximum atomic E-state index is 9.22. The average Bonchev–Trinajstić information content (AvgIpc) is 2.76. The molecular weight excluding hydrogens is 300 g/mol. The lowest BCUT2D eigenvalue weighted by Gasteiger charge is -2.37. The van der Waals surface area contributed by atoms with Crippen LogP contribution >= 0.6 is 0 Å². The van der Waals surface area contributed by atoms with Crippen LogP contribution in [0, 0.1) is 34.4 Å². The molecule has 0 bridgehead atoms. The molecule has 1 aromatic rings. The molecule has 1 aromatic carbocycles. The van der Waals surface area contributed by atoms with Crippen LogP contribution in [0.3, 0.4) is 0 Å². The van der Waals surface area contributed by atoms with Gasteiger partial charge in [-0.15, -0.1) is 5.26 Å².